The number of rotatable bonds is 59. The first kappa shape index (κ1) is 69.1. The van der Waals surface area contributed by atoms with Crippen molar-refractivity contribution >= 4 is 11.9 Å². The largest absolute Gasteiger partial charge is 0.466 e. The summed E-state index contributed by atoms with van der Waals surface area (Å²) in [5.41, 5.74) is 0. The lowest BCUT2D eigenvalue weighted by Gasteiger charge is -2.20. The van der Waals surface area contributed by atoms with Crippen LogP contribution in [-0.4, -0.2) is 47.4 Å². The van der Waals surface area contributed by atoms with Crippen LogP contribution in [0.1, 0.15) is 341 Å². The summed E-state index contributed by atoms with van der Waals surface area (Å²) in [4.78, 5) is 24.5. The van der Waals surface area contributed by atoms with Gasteiger partial charge in [0.25, 0.3) is 0 Å². The van der Waals surface area contributed by atoms with E-state index in [9.17, 15) is 19.8 Å². The molecule has 1 amide bonds. The van der Waals surface area contributed by atoms with Crippen LogP contribution in [0.3, 0.4) is 0 Å². The van der Waals surface area contributed by atoms with E-state index in [1.165, 1.54) is 257 Å². The Hall–Kier alpha value is -1.92. The Balaban J connectivity index is 3.44. The molecule has 0 radical (unpaired) electrons. The van der Waals surface area contributed by atoms with E-state index < -0.39 is 12.1 Å². The van der Waals surface area contributed by atoms with E-state index >= 15 is 0 Å². The van der Waals surface area contributed by atoms with Crippen molar-refractivity contribution in [2.45, 2.75) is 353 Å². The maximum atomic E-state index is 12.5. The van der Waals surface area contributed by atoms with E-state index in [1.54, 1.807) is 6.08 Å². The molecule has 71 heavy (non-hydrogen) atoms. The number of amides is 1. The number of carbonyl (C=O) groups excluding carboxylic acids is 2. The fraction of sp³-hybridized carbons (Fsp3) is 0.877. The molecule has 6 heteroatoms. The lowest BCUT2D eigenvalue weighted by atomic mass is 10.0. The van der Waals surface area contributed by atoms with Crippen LogP contribution in [0.25, 0.3) is 0 Å². The van der Waals surface area contributed by atoms with Gasteiger partial charge in [-0.15, -0.1) is 0 Å². The summed E-state index contributed by atoms with van der Waals surface area (Å²) >= 11 is 0. The summed E-state index contributed by atoms with van der Waals surface area (Å²) in [6, 6.07) is -0.635. The number of carbonyl (C=O) groups is 2. The predicted molar refractivity (Wildman–Crippen MR) is 310 cm³/mol. The molecule has 0 aliphatic heterocycles. The van der Waals surface area contributed by atoms with E-state index in [-0.39, 0.29) is 18.5 Å². The van der Waals surface area contributed by atoms with E-state index in [2.05, 4.69) is 43.5 Å². The molecule has 0 aliphatic carbocycles. The number of nitrogens with one attached hydrogen (secondary N) is 1. The highest BCUT2D eigenvalue weighted by atomic mass is 16.5. The number of esters is 1. The third-order valence-corrected chi connectivity index (χ3v) is 14.7. The van der Waals surface area contributed by atoms with E-state index in [4.69, 9.17) is 4.74 Å². The smallest absolute Gasteiger partial charge is 0.305 e. The first-order valence-electron chi connectivity index (χ1n) is 31.8. The number of aliphatic hydroxyl groups is 2. The molecule has 0 rings (SSSR count). The molecule has 3 N–H and O–H groups in total. The standard InChI is InChI=1S/C65H123NO5/c1-3-5-7-9-11-13-15-17-19-27-31-35-39-43-47-51-55-59-65(70)71-60-56-52-48-44-40-36-32-29-26-24-22-20-21-23-25-28-30-34-38-42-46-50-54-58-64(69)66-62(61-67)63(68)57-53-49-45-41-37-33-18-16-14-12-10-8-6-4-2/h20,22-23,25,53,57,62-63,67-68H,3-19,21,24,26-52,54-56,58-61H2,1-2H3,(H,66,69)/b22-20-,25-23-,57-53+. The Morgan fingerprint density at radius 1 is 0.394 bits per heavy atom. The Bertz CT molecular complexity index is 1150. The first-order valence-corrected chi connectivity index (χ1v) is 31.8. The molecular formula is C65H123NO5. The maximum absolute atomic E-state index is 12.5. The molecule has 0 aromatic rings. The van der Waals surface area contributed by atoms with Crippen LogP contribution in [0.4, 0.5) is 0 Å². The third-order valence-electron chi connectivity index (χ3n) is 14.7. The summed E-state index contributed by atoms with van der Waals surface area (Å²) in [6.45, 7) is 4.91. The SMILES string of the molecule is CCCCCCCCCCCCCC/C=C/C(O)C(CO)NC(=O)CCCCCCCCC/C=C\C/C=C\CCCCCCCCCCCOC(=O)CCCCCCCCCCCCCCCCCCC. The number of hydrogen-bond donors (Lipinski definition) is 3. The number of unbranched alkanes of at least 4 members (excludes halogenated alkanes) is 44. The first-order chi connectivity index (χ1) is 35.0. The fourth-order valence-corrected chi connectivity index (χ4v) is 9.78. The van der Waals surface area contributed by atoms with Crippen molar-refractivity contribution in [2.24, 2.45) is 0 Å². The zero-order valence-electron chi connectivity index (χ0n) is 47.7. The third kappa shape index (κ3) is 57.2. The topological polar surface area (TPSA) is 95.9 Å². The van der Waals surface area contributed by atoms with Crippen LogP contribution < -0.4 is 5.32 Å². The second-order valence-electron chi connectivity index (χ2n) is 21.7. The molecule has 0 spiro atoms. The van der Waals surface area contributed by atoms with Crippen molar-refractivity contribution in [3.05, 3.63) is 36.5 Å². The second kappa shape index (κ2) is 60.6. The van der Waals surface area contributed by atoms with Crippen LogP contribution in [0.2, 0.25) is 0 Å². The quantitative estimate of drug-likeness (QED) is 0.0321. The molecule has 0 saturated heterocycles. The van der Waals surface area contributed by atoms with Crippen LogP contribution in [-0.2, 0) is 14.3 Å². The zero-order valence-corrected chi connectivity index (χ0v) is 47.7. The van der Waals surface area contributed by atoms with Crippen molar-refractivity contribution in [1.82, 2.24) is 5.32 Å². The van der Waals surface area contributed by atoms with Crippen molar-refractivity contribution in [2.75, 3.05) is 13.2 Å². The van der Waals surface area contributed by atoms with Crippen molar-refractivity contribution in [3.63, 3.8) is 0 Å². The van der Waals surface area contributed by atoms with Gasteiger partial charge in [-0.2, -0.15) is 0 Å². The summed E-state index contributed by atoms with van der Waals surface area (Å²) < 4.78 is 5.49. The van der Waals surface area contributed by atoms with Gasteiger partial charge in [-0.25, -0.2) is 0 Å². The summed E-state index contributed by atoms with van der Waals surface area (Å²) in [5, 5.41) is 23.1. The van der Waals surface area contributed by atoms with Crippen molar-refractivity contribution in [1.29, 1.82) is 0 Å². The monoisotopic (exact) mass is 998 g/mol. The average molecular weight is 999 g/mol. The van der Waals surface area contributed by atoms with Gasteiger partial charge in [0.1, 0.15) is 0 Å². The van der Waals surface area contributed by atoms with Gasteiger partial charge in [0.15, 0.2) is 0 Å². The molecule has 2 atom stereocenters. The minimum atomic E-state index is -0.851. The lowest BCUT2D eigenvalue weighted by molar-refractivity contribution is -0.143. The molecule has 0 aliphatic rings. The summed E-state index contributed by atoms with van der Waals surface area (Å²) in [5.74, 6) is -0.0672. The van der Waals surface area contributed by atoms with Gasteiger partial charge in [0.2, 0.25) is 5.91 Å². The number of allylic oxidation sites excluding steroid dienone is 5. The van der Waals surface area contributed by atoms with Crippen LogP contribution in [0.15, 0.2) is 36.5 Å². The highest BCUT2D eigenvalue weighted by molar-refractivity contribution is 5.76. The van der Waals surface area contributed by atoms with E-state index in [0.29, 0.717) is 19.4 Å². The molecule has 0 saturated carbocycles. The molecule has 0 fully saturated rings. The predicted octanol–water partition coefficient (Wildman–Crippen LogP) is 20.0. The molecule has 0 aromatic heterocycles. The van der Waals surface area contributed by atoms with Crippen LogP contribution in [0, 0.1) is 0 Å². The minimum absolute atomic E-state index is 0.0105. The van der Waals surface area contributed by atoms with Gasteiger partial charge in [-0.1, -0.05) is 301 Å². The van der Waals surface area contributed by atoms with E-state index in [0.717, 1.165) is 57.8 Å². The molecular weight excluding hydrogens is 875 g/mol. The van der Waals surface area contributed by atoms with Gasteiger partial charge in [0, 0.05) is 12.8 Å². The van der Waals surface area contributed by atoms with Crippen molar-refractivity contribution < 1.29 is 24.5 Å². The molecule has 418 valence electrons. The Morgan fingerprint density at radius 3 is 1.07 bits per heavy atom. The zero-order chi connectivity index (χ0) is 51.4. The normalized spacial score (nSPS) is 12.8. The van der Waals surface area contributed by atoms with Gasteiger partial charge in [-0.05, 0) is 64.2 Å². The van der Waals surface area contributed by atoms with E-state index in [1.807, 2.05) is 6.08 Å². The number of hydrogen-bond acceptors (Lipinski definition) is 5. The van der Waals surface area contributed by atoms with Gasteiger partial charge >= 0.3 is 5.97 Å². The van der Waals surface area contributed by atoms with Gasteiger partial charge < -0.3 is 20.3 Å². The maximum Gasteiger partial charge on any atom is 0.305 e. The molecule has 2 unspecified atom stereocenters. The summed E-state index contributed by atoms with van der Waals surface area (Å²) in [7, 11) is 0. The molecule has 0 aromatic carbocycles. The van der Waals surface area contributed by atoms with Gasteiger partial charge in [0.05, 0.1) is 25.4 Å². The van der Waals surface area contributed by atoms with Crippen molar-refractivity contribution in [3.8, 4) is 0 Å². The van der Waals surface area contributed by atoms with Crippen LogP contribution >= 0.6 is 0 Å². The minimum Gasteiger partial charge on any atom is -0.466 e. The lowest BCUT2D eigenvalue weighted by Crippen LogP contribution is -2.45. The average Bonchev–Trinajstić information content (AvgIpc) is 3.37. The van der Waals surface area contributed by atoms with Gasteiger partial charge in [-0.3, -0.25) is 9.59 Å². The Labute approximate surface area is 443 Å². The number of ether oxygens (including phenoxy) is 1. The Kier molecular flexibility index (Phi) is 59.0. The fourth-order valence-electron chi connectivity index (χ4n) is 9.78. The molecule has 0 bridgehead atoms. The highest BCUT2D eigenvalue weighted by Gasteiger charge is 2.18. The number of aliphatic hydroxyl groups excluding tert-OH is 2. The molecule has 6 nitrogen and oxygen atoms in total. The van der Waals surface area contributed by atoms with Crippen LogP contribution in [0.5, 0.6) is 0 Å². The second-order valence-corrected chi connectivity index (χ2v) is 21.7. The summed E-state index contributed by atoms with van der Waals surface area (Å²) in [6.07, 6.45) is 76.2. The Morgan fingerprint density at radius 2 is 0.704 bits per heavy atom. The highest BCUT2D eigenvalue weighted by Crippen LogP contribution is 2.17. The molecule has 0 heterocycles.